The van der Waals surface area contributed by atoms with Gasteiger partial charge in [-0.05, 0) is 28.0 Å². The Morgan fingerprint density at radius 1 is 0.567 bits per heavy atom. The molecule has 4 heteroatoms. The van der Waals surface area contributed by atoms with E-state index in [9.17, 15) is 9.59 Å². The Balaban J connectivity index is 1.62. The third-order valence-corrected chi connectivity index (χ3v) is 4.78. The van der Waals surface area contributed by atoms with Crippen LogP contribution in [0.3, 0.4) is 0 Å². The average Bonchev–Trinajstić information content (AvgIpc) is 2.81. The van der Waals surface area contributed by atoms with Crippen molar-refractivity contribution in [1.29, 1.82) is 0 Å². The van der Waals surface area contributed by atoms with Crippen LogP contribution in [0, 0.1) is 0 Å². The summed E-state index contributed by atoms with van der Waals surface area (Å²) in [5.41, 5.74) is 2.17. The molecular weight excluding hydrogens is 376 g/mol. The maximum Gasteiger partial charge on any atom is 0.339 e. The highest BCUT2D eigenvalue weighted by Crippen LogP contribution is 2.25. The molecule has 0 atom stereocenters. The van der Waals surface area contributed by atoms with Crippen LogP contribution < -0.4 is 0 Å². The van der Waals surface area contributed by atoms with Gasteiger partial charge in [-0.25, -0.2) is 9.59 Å². The average molecular weight is 396 g/mol. The number of carbonyl (C=O) groups excluding carboxylic acids is 2. The third-order valence-electron chi connectivity index (χ3n) is 4.78. The Hall–Kier alpha value is -3.92. The Kier molecular flexibility index (Phi) is 5.85. The van der Waals surface area contributed by atoms with Crippen LogP contribution in [-0.2, 0) is 22.7 Å². The van der Waals surface area contributed by atoms with Gasteiger partial charge in [0.2, 0.25) is 0 Å². The van der Waals surface area contributed by atoms with Gasteiger partial charge < -0.3 is 9.47 Å². The summed E-state index contributed by atoms with van der Waals surface area (Å²) in [5, 5.41) is 1.51. The van der Waals surface area contributed by atoms with Crippen molar-refractivity contribution in [1.82, 2.24) is 0 Å². The van der Waals surface area contributed by atoms with Gasteiger partial charge in [0.15, 0.2) is 0 Å². The van der Waals surface area contributed by atoms with Gasteiger partial charge >= 0.3 is 11.9 Å². The Labute approximate surface area is 174 Å². The lowest BCUT2D eigenvalue weighted by Gasteiger charge is -2.13. The molecule has 148 valence electrons. The molecule has 0 bridgehead atoms. The lowest BCUT2D eigenvalue weighted by atomic mass is 9.99. The second kappa shape index (κ2) is 9.05. The highest BCUT2D eigenvalue weighted by atomic mass is 16.5. The number of rotatable bonds is 6. The molecule has 4 aromatic carbocycles. The van der Waals surface area contributed by atoms with E-state index in [-0.39, 0.29) is 24.3 Å². The highest BCUT2D eigenvalue weighted by Gasteiger charge is 2.22. The van der Waals surface area contributed by atoms with E-state index in [1.165, 1.54) is 0 Å². The van der Waals surface area contributed by atoms with Crippen molar-refractivity contribution < 1.29 is 19.1 Å². The van der Waals surface area contributed by atoms with E-state index in [1.807, 2.05) is 91.0 Å². The minimum atomic E-state index is -0.559. The molecule has 0 aromatic heterocycles. The van der Waals surface area contributed by atoms with Gasteiger partial charge in [0.1, 0.15) is 13.2 Å². The fraction of sp³-hybridized carbons (Fsp3) is 0.0769. The Morgan fingerprint density at radius 3 is 1.73 bits per heavy atom. The van der Waals surface area contributed by atoms with E-state index >= 15 is 0 Å². The lowest BCUT2D eigenvalue weighted by molar-refractivity contribution is 0.0427. The van der Waals surface area contributed by atoms with Crippen LogP contribution in [0.15, 0.2) is 97.1 Å². The SMILES string of the molecule is O=C(OCc1ccccc1)c1ccc2ccccc2c1C(=O)OCc1ccccc1. The molecule has 4 nitrogen and oxygen atoms in total. The predicted molar refractivity (Wildman–Crippen MR) is 115 cm³/mol. The van der Waals surface area contributed by atoms with Crippen molar-refractivity contribution in [3.8, 4) is 0 Å². The summed E-state index contributed by atoms with van der Waals surface area (Å²) in [6.07, 6.45) is 0. The zero-order chi connectivity index (χ0) is 20.8. The summed E-state index contributed by atoms with van der Waals surface area (Å²) in [6.45, 7) is 0.256. The molecule has 0 amide bonds. The lowest BCUT2D eigenvalue weighted by Crippen LogP contribution is -2.15. The van der Waals surface area contributed by atoms with Crippen molar-refractivity contribution >= 4 is 22.7 Å². The molecule has 0 aliphatic rings. The van der Waals surface area contributed by atoms with Crippen molar-refractivity contribution in [2.45, 2.75) is 13.2 Å². The minimum Gasteiger partial charge on any atom is -0.457 e. The molecular formula is C26H20O4. The molecule has 0 N–H and O–H groups in total. The molecule has 0 aliphatic carbocycles. The first-order valence-electron chi connectivity index (χ1n) is 9.66. The van der Waals surface area contributed by atoms with Crippen molar-refractivity contribution in [2.24, 2.45) is 0 Å². The smallest absolute Gasteiger partial charge is 0.339 e. The van der Waals surface area contributed by atoms with Gasteiger partial charge in [-0.2, -0.15) is 0 Å². The Morgan fingerprint density at radius 2 is 1.10 bits per heavy atom. The molecule has 4 rings (SSSR count). The van der Waals surface area contributed by atoms with Crippen molar-refractivity contribution in [2.75, 3.05) is 0 Å². The first-order valence-corrected chi connectivity index (χ1v) is 9.66. The molecule has 0 saturated heterocycles. The van der Waals surface area contributed by atoms with Gasteiger partial charge in [0.05, 0.1) is 11.1 Å². The highest BCUT2D eigenvalue weighted by molar-refractivity contribution is 6.12. The van der Waals surface area contributed by atoms with E-state index in [1.54, 1.807) is 6.07 Å². The Bertz CT molecular complexity index is 1170. The molecule has 4 aromatic rings. The van der Waals surface area contributed by atoms with Gasteiger partial charge in [-0.15, -0.1) is 0 Å². The van der Waals surface area contributed by atoms with Gasteiger partial charge in [0.25, 0.3) is 0 Å². The topological polar surface area (TPSA) is 52.6 Å². The molecule has 0 aliphatic heterocycles. The molecule has 0 radical (unpaired) electrons. The predicted octanol–water partition coefficient (Wildman–Crippen LogP) is 5.55. The number of hydrogen-bond acceptors (Lipinski definition) is 4. The molecule has 0 fully saturated rings. The third kappa shape index (κ3) is 4.39. The second-order valence-corrected chi connectivity index (χ2v) is 6.83. The van der Waals surface area contributed by atoms with E-state index < -0.39 is 11.9 Å². The first kappa shape index (κ1) is 19.4. The van der Waals surface area contributed by atoms with Crippen molar-refractivity contribution in [3.63, 3.8) is 0 Å². The number of esters is 2. The van der Waals surface area contributed by atoms with Crippen LogP contribution >= 0.6 is 0 Å². The summed E-state index contributed by atoms with van der Waals surface area (Å²) >= 11 is 0. The van der Waals surface area contributed by atoms with Crippen molar-refractivity contribution in [3.05, 3.63) is 119 Å². The number of ether oxygens (including phenoxy) is 2. The van der Waals surface area contributed by atoms with Crippen LogP contribution in [0.5, 0.6) is 0 Å². The summed E-state index contributed by atoms with van der Waals surface area (Å²) in [6, 6.07) is 29.7. The quantitative estimate of drug-likeness (QED) is 0.401. The fourth-order valence-electron chi connectivity index (χ4n) is 3.26. The monoisotopic (exact) mass is 396 g/mol. The second-order valence-electron chi connectivity index (χ2n) is 6.83. The first-order chi connectivity index (χ1) is 14.7. The van der Waals surface area contributed by atoms with Crippen LogP contribution in [0.4, 0.5) is 0 Å². The zero-order valence-electron chi connectivity index (χ0n) is 16.3. The number of hydrogen-bond donors (Lipinski definition) is 0. The van der Waals surface area contributed by atoms with E-state index in [2.05, 4.69) is 0 Å². The fourth-order valence-corrected chi connectivity index (χ4v) is 3.26. The minimum absolute atomic E-state index is 0.126. The molecule has 30 heavy (non-hydrogen) atoms. The maximum absolute atomic E-state index is 13.0. The summed E-state index contributed by atoms with van der Waals surface area (Å²) in [4.78, 5) is 25.8. The van der Waals surface area contributed by atoms with E-state index in [4.69, 9.17) is 9.47 Å². The molecule has 0 heterocycles. The van der Waals surface area contributed by atoms with Crippen LogP contribution in [-0.4, -0.2) is 11.9 Å². The van der Waals surface area contributed by atoms with Gasteiger partial charge in [-0.3, -0.25) is 0 Å². The van der Waals surface area contributed by atoms with E-state index in [0.29, 0.717) is 5.39 Å². The number of carbonyl (C=O) groups is 2. The maximum atomic E-state index is 13.0. The number of benzene rings is 4. The summed E-state index contributed by atoms with van der Waals surface area (Å²) < 4.78 is 11.0. The van der Waals surface area contributed by atoms with Gasteiger partial charge in [-0.1, -0.05) is 91.0 Å². The van der Waals surface area contributed by atoms with Crippen LogP contribution in [0.2, 0.25) is 0 Å². The van der Waals surface area contributed by atoms with E-state index in [0.717, 1.165) is 16.5 Å². The molecule has 0 unspecified atom stereocenters. The summed E-state index contributed by atoms with van der Waals surface area (Å²) in [7, 11) is 0. The largest absolute Gasteiger partial charge is 0.457 e. The number of fused-ring (bicyclic) bond motifs is 1. The van der Waals surface area contributed by atoms with Crippen LogP contribution in [0.1, 0.15) is 31.8 Å². The van der Waals surface area contributed by atoms with Crippen LogP contribution in [0.25, 0.3) is 10.8 Å². The normalized spacial score (nSPS) is 10.5. The summed E-state index contributed by atoms with van der Waals surface area (Å²) in [5.74, 6) is -1.11. The standard InChI is InChI=1S/C26H20O4/c27-25(29-17-19-9-3-1-4-10-19)23-16-15-21-13-7-8-14-22(21)24(23)26(28)30-18-20-11-5-2-6-12-20/h1-16H,17-18H2. The molecule has 0 spiro atoms. The zero-order valence-corrected chi connectivity index (χ0v) is 16.3. The van der Waals surface area contributed by atoms with Gasteiger partial charge in [0, 0.05) is 0 Å². The molecule has 0 saturated carbocycles.